The Kier molecular flexibility index (Phi) is 4.35. The van der Waals surface area contributed by atoms with E-state index in [4.69, 9.17) is 0 Å². The molecule has 1 fully saturated rings. The van der Waals surface area contributed by atoms with E-state index < -0.39 is 0 Å². The van der Waals surface area contributed by atoms with Crippen LogP contribution in [-0.4, -0.2) is 44.3 Å². The number of hydrogen-bond donors (Lipinski definition) is 1. The maximum atomic E-state index is 12.2. The minimum atomic E-state index is -0.206. The molecule has 2 amide bonds. The lowest BCUT2D eigenvalue weighted by Crippen LogP contribution is -2.40. The van der Waals surface area contributed by atoms with Crippen LogP contribution < -0.4 is 5.32 Å². The van der Waals surface area contributed by atoms with Crippen molar-refractivity contribution in [2.24, 2.45) is 0 Å². The van der Waals surface area contributed by atoms with Gasteiger partial charge in [-0.05, 0) is 37.1 Å². The molecule has 4 rings (SSSR count). The number of hydrogen-bond acceptors (Lipinski definition) is 4. The Labute approximate surface area is 150 Å². The smallest absolute Gasteiger partial charge is 0.244 e. The summed E-state index contributed by atoms with van der Waals surface area (Å²) < 4.78 is 1.90. The molecule has 2 aromatic heterocycles. The van der Waals surface area contributed by atoms with Crippen molar-refractivity contribution < 1.29 is 9.59 Å². The highest BCUT2D eigenvalue weighted by molar-refractivity contribution is 5.94. The lowest BCUT2D eigenvalue weighted by Gasteiger charge is -2.25. The minimum absolute atomic E-state index is 0.0480. The van der Waals surface area contributed by atoms with Crippen LogP contribution in [0.1, 0.15) is 19.3 Å². The number of fused-ring (bicyclic) bond motifs is 1. The van der Waals surface area contributed by atoms with Crippen molar-refractivity contribution in [2.75, 3.05) is 18.4 Å². The van der Waals surface area contributed by atoms with Crippen LogP contribution in [0.25, 0.3) is 16.9 Å². The molecule has 0 aliphatic carbocycles. The summed E-state index contributed by atoms with van der Waals surface area (Å²) >= 11 is 0. The molecule has 0 saturated carbocycles. The maximum absolute atomic E-state index is 12.2. The van der Waals surface area contributed by atoms with Gasteiger partial charge in [-0.15, -0.1) is 0 Å². The van der Waals surface area contributed by atoms with E-state index in [1.54, 1.807) is 23.5 Å². The molecule has 1 aliphatic rings. The predicted molar refractivity (Wildman–Crippen MR) is 97.9 cm³/mol. The molecule has 7 heteroatoms. The average Bonchev–Trinajstić information content (AvgIpc) is 3.08. The zero-order valence-corrected chi connectivity index (χ0v) is 14.3. The first-order chi connectivity index (χ1) is 12.7. The standard InChI is InChI=1S/C19H19N5O2/c25-18(12-23-10-4-3-7-19(23)26)22-14-8-9-17(20-11-14)24-13-21-15-5-1-2-6-16(15)24/h1-2,5-6,8-9,11,13H,3-4,7,10,12H2,(H,22,25). The van der Waals surface area contributed by atoms with Gasteiger partial charge < -0.3 is 10.2 Å². The Morgan fingerprint density at radius 1 is 1.12 bits per heavy atom. The summed E-state index contributed by atoms with van der Waals surface area (Å²) in [4.78, 5) is 34.3. The summed E-state index contributed by atoms with van der Waals surface area (Å²) in [5, 5.41) is 2.80. The van der Waals surface area contributed by atoms with Crippen LogP contribution in [0.5, 0.6) is 0 Å². The molecule has 26 heavy (non-hydrogen) atoms. The van der Waals surface area contributed by atoms with E-state index in [1.807, 2.05) is 34.9 Å². The molecule has 1 aliphatic heterocycles. The summed E-state index contributed by atoms with van der Waals surface area (Å²) in [5.41, 5.74) is 2.48. The Hall–Kier alpha value is -3.22. The van der Waals surface area contributed by atoms with Gasteiger partial charge in [-0.25, -0.2) is 9.97 Å². The van der Waals surface area contributed by atoms with Crippen molar-refractivity contribution in [3.8, 4) is 5.82 Å². The largest absolute Gasteiger partial charge is 0.333 e. The number of carbonyl (C=O) groups excluding carboxylic acids is 2. The number of amides is 2. The summed E-state index contributed by atoms with van der Waals surface area (Å²) in [6, 6.07) is 11.5. The maximum Gasteiger partial charge on any atom is 0.244 e. The number of benzene rings is 1. The number of likely N-dealkylation sites (tertiary alicyclic amines) is 1. The van der Waals surface area contributed by atoms with E-state index in [1.165, 1.54) is 0 Å². The molecule has 0 bridgehead atoms. The van der Waals surface area contributed by atoms with Gasteiger partial charge in [0.2, 0.25) is 11.8 Å². The van der Waals surface area contributed by atoms with Crippen LogP contribution in [0.4, 0.5) is 5.69 Å². The van der Waals surface area contributed by atoms with Gasteiger partial charge in [-0.2, -0.15) is 0 Å². The van der Waals surface area contributed by atoms with Crippen LogP contribution in [-0.2, 0) is 9.59 Å². The number of para-hydroxylation sites is 2. The van der Waals surface area contributed by atoms with E-state index >= 15 is 0 Å². The van der Waals surface area contributed by atoms with Crippen molar-refractivity contribution in [1.29, 1.82) is 0 Å². The lowest BCUT2D eigenvalue weighted by molar-refractivity contribution is -0.136. The second-order valence-corrected chi connectivity index (χ2v) is 6.33. The highest BCUT2D eigenvalue weighted by Crippen LogP contribution is 2.17. The van der Waals surface area contributed by atoms with Gasteiger partial charge in [-0.3, -0.25) is 14.2 Å². The van der Waals surface area contributed by atoms with Crippen molar-refractivity contribution in [2.45, 2.75) is 19.3 Å². The van der Waals surface area contributed by atoms with E-state index in [2.05, 4.69) is 15.3 Å². The van der Waals surface area contributed by atoms with Gasteiger partial charge in [-0.1, -0.05) is 12.1 Å². The molecule has 0 unspecified atom stereocenters. The summed E-state index contributed by atoms with van der Waals surface area (Å²) in [6.07, 6.45) is 5.73. The van der Waals surface area contributed by atoms with E-state index in [9.17, 15) is 9.59 Å². The highest BCUT2D eigenvalue weighted by atomic mass is 16.2. The Morgan fingerprint density at radius 2 is 2.00 bits per heavy atom. The number of rotatable bonds is 4. The Balaban J connectivity index is 1.44. The average molecular weight is 349 g/mol. The predicted octanol–water partition coefficient (Wildman–Crippen LogP) is 2.37. The Morgan fingerprint density at radius 3 is 2.81 bits per heavy atom. The normalized spacial score (nSPS) is 14.6. The summed E-state index contributed by atoms with van der Waals surface area (Å²) in [5.74, 6) is 0.567. The van der Waals surface area contributed by atoms with Crippen LogP contribution in [0, 0.1) is 0 Å². The third-order valence-electron chi connectivity index (χ3n) is 4.49. The third-order valence-corrected chi connectivity index (χ3v) is 4.49. The molecule has 0 atom stereocenters. The number of aromatic nitrogens is 3. The summed E-state index contributed by atoms with van der Waals surface area (Å²) in [6.45, 7) is 0.740. The first-order valence-electron chi connectivity index (χ1n) is 8.67. The molecule has 1 N–H and O–H groups in total. The van der Waals surface area contributed by atoms with E-state index in [0.717, 1.165) is 29.7 Å². The van der Waals surface area contributed by atoms with Crippen molar-refractivity contribution in [1.82, 2.24) is 19.4 Å². The first-order valence-corrected chi connectivity index (χ1v) is 8.67. The van der Waals surface area contributed by atoms with E-state index in [0.29, 0.717) is 18.7 Å². The Bertz CT molecular complexity index is 948. The molecule has 3 heterocycles. The van der Waals surface area contributed by atoms with Crippen molar-refractivity contribution in [3.05, 3.63) is 48.9 Å². The molecular weight excluding hydrogens is 330 g/mol. The van der Waals surface area contributed by atoms with E-state index in [-0.39, 0.29) is 18.4 Å². The fraction of sp³-hybridized carbons (Fsp3) is 0.263. The third kappa shape index (κ3) is 3.28. The first kappa shape index (κ1) is 16.3. The fourth-order valence-corrected chi connectivity index (χ4v) is 3.15. The van der Waals surface area contributed by atoms with Crippen LogP contribution in [0.2, 0.25) is 0 Å². The number of carbonyl (C=O) groups is 2. The molecule has 1 saturated heterocycles. The molecule has 1 aromatic carbocycles. The SMILES string of the molecule is O=C(CN1CCCCC1=O)Nc1ccc(-n2cnc3ccccc32)nc1. The van der Waals surface area contributed by atoms with Crippen LogP contribution >= 0.6 is 0 Å². The summed E-state index contributed by atoms with van der Waals surface area (Å²) in [7, 11) is 0. The van der Waals surface area contributed by atoms with Crippen LogP contribution in [0.15, 0.2) is 48.9 Å². The zero-order valence-electron chi connectivity index (χ0n) is 14.3. The van der Waals surface area contributed by atoms with Gasteiger partial charge >= 0.3 is 0 Å². The van der Waals surface area contributed by atoms with Crippen LogP contribution in [0.3, 0.4) is 0 Å². The minimum Gasteiger partial charge on any atom is -0.333 e. The monoisotopic (exact) mass is 349 g/mol. The van der Waals surface area contributed by atoms with Gasteiger partial charge in [0, 0.05) is 13.0 Å². The highest BCUT2D eigenvalue weighted by Gasteiger charge is 2.20. The number of pyridine rings is 1. The number of nitrogens with zero attached hydrogens (tertiary/aromatic N) is 4. The van der Waals surface area contributed by atoms with Gasteiger partial charge in [0.15, 0.2) is 0 Å². The lowest BCUT2D eigenvalue weighted by atomic mass is 10.1. The van der Waals surface area contributed by atoms with Crippen molar-refractivity contribution in [3.63, 3.8) is 0 Å². The number of imidazole rings is 1. The second-order valence-electron chi connectivity index (χ2n) is 6.33. The number of nitrogens with one attached hydrogen (secondary N) is 1. The van der Waals surface area contributed by atoms with Gasteiger partial charge in [0.25, 0.3) is 0 Å². The molecular formula is C19H19N5O2. The fourth-order valence-electron chi connectivity index (χ4n) is 3.15. The molecule has 0 radical (unpaired) electrons. The second kappa shape index (κ2) is 6.95. The number of piperidine rings is 1. The molecule has 3 aromatic rings. The molecule has 0 spiro atoms. The van der Waals surface area contributed by atoms with Gasteiger partial charge in [0.05, 0.1) is 29.5 Å². The molecule has 132 valence electrons. The quantitative estimate of drug-likeness (QED) is 0.784. The van der Waals surface area contributed by atoms with Crippen molar-refractivity contribution >= 4 is 28.5 Å². The number of anilines is 1. The zero-order chi connectivity index (χ0) is 17.9. The molecule has 7 nitrogen and oxygen atoms in total. The topological polar surface area (TPSA) is 80.1 Å². The van der Waals surface area contributed by atoms with Gasteiger partial charge in [0.1, 0.15) is 12.1 Å².